The lowest BCUT2D eigenvalue weighted by Gasteiger charge is -2.28. The molecule has 30 heavy (non-hydrogen) atoms. The molecule has 1 aliphatic heterocycles. The van der Waals surface area contributed by atoms with Crippen LogP contribution in [-0.2, 0) is 6.54 Å². The van der Waals surface area contributed by atoms with Crippen LogP contribution in [0.4, 0.5) is 0 Å². The van der Waals surface area contributed by atoms with Crippen LogP contribution in [0, 0.1) is 0 Å². The van der Waals surface area contributed by atoms with Crippen LogP contribution in [0.5, 0.6) is 0 Å². The first kappa shape index (κ1) is 18.5. The molecule has 0 atom stereocenters. The summed E-state index contributed by atoms with van der Waals surface area (Å²) >= 11 is 0. The molecule has 2 heterocycles. The summed E-state index contributed by atoms with van der Waals surface area (Å²) in [6.45, 7) is 2.79. The number of nitrogens with zero attached hydrogens (tertiary/aromatic N) is 3. The van der Waals surface area contributed by atoms with Crippen molar-refractivity contribution in [3.05, 3.63) is 107 Å². The van der Waals surface area contributed by atoms with Gasteiger partial charge in [-0.25, -0.2) is 0 Å². The largest absolute Gasteiger partial charge is 0.298 e. The van der Waals surface area contributed by atoms with Crippen LogP contribution < -0.4 is 5.56 Å². The van der Waals surface area contributed by atoms with E-state index in [0.29, 0.717) is 11.2 Å². The maximum atomic E-state index is 12.7. The zero-order chi connectivity index (χ0) is 20.3. The fraction of sp³-hybridized carbons (Fsp3) is 0.154. The summed E-state index contributed by atoms with van der Waals surface area (Å²) in [5.41, 5.74) is 4.21. The number of hydrogen-bond donors (Lipinski definition) is 0. The molecule has 1 aromatic heterocycles. The van der Waals surface area contributed by atoms with Crippen molar-refractivity contribution >= 4 is 16.6 Å². The minimum Gasteiger partial charge on any atom is -0.298 e. The Bertz CT molecular complexity index is 1260. The van der Waals surface area contributed by atoms with E-state index in [4.69, 9.17) is 0 Å². The van der Waals surface area contributed by atoms with Crippen LogP contribution in [0.1, 0.15) is 12.0 Å². The lowest BCUT2D eigenvalue weighted by molar-refractivity contribution is 0.292. The second-order valence-electron chi connectivity index (χ2n) is 7.63. The third kappa shape index (κ3) is 3.58. The number of aromatic nitrogens is 2. The first-order valence-electron chi connectivity index (χ1n) is 10.3. The number of benzene rings is 3. The molecule has 0 spiro atoms. The fourth-order valence-electron chi connectivity index (χ4n) is 4.13. The van der Waals surface area contributed by atoms with Gasteiger partial charge in [0.05, 0.1) is 10.9 Å². The second kappa shape index (κ2) is 8.09. The van der Waals surface area contributed by atoms with Crippen molar-refractivity contribution in [1.82, 2.24) is 14.5 Å². The summed E-state index contributed by atoms with van der Waals surface area (Å²) in [6.07, 6.45) is 3.18. The van der Waals surface area contributed by atoms with Crippen molar-refractivity contribution in [3.63, 3.8) is 0 Å². The smallest absolute Gasteiger partial charge is 0.281 e. The highest BCUT2D eigenvalue weighted by Crippen LogP contribution is 2.28. The molecule has 5 rings (SSSR count). The fourth-order valence-corrected chi connectivity index (χ4v) is 4.13. The van der Waals surface area contributed by atoms with Crippen molar-refractivity contribution in [2.24, 2.45) is 0 Å². The van der Waals surface area contributed by atoms with E-state index in [1.807, 2.05) is 54.6 Å². The van der Waals surface area contributed by atoms with Crippen LogP contribution >= 0.6 is 0 Å². The Kier molecular flexibility index (Phi) is 4.99. The molecule has 0 aliphatic carbocycles. The molecule has 4 aromatic rings. The molecule has 4 nitrogen and oxygen atoms in total. The van der Waals surface area contributed by atoms with Gasteiger partial charge in [-0.05, 0) is 17.7 Å². The van der Waals surface area contributed by atoms with Gasteiger partial charge >= 0.3 is 0 Å². The number of rotatable bonds is 4. The van der Waals surface area contributed by atoms with E-state index >= 15 is 0 Å². The minimum atomic E-state index is -0.178. The SMILES string of the molecule is O=c1nc(-c2ccccc2)n(C2=CCN(Cc3ccccc3)CC2)c2ccccc12. The van der Waals surface area contributed by atoms with Gasteiger partial charge in [0, 0.05) is 37.3 Å². The normalized spacial score (nSPS) is 14.6. The number of para-hydroxylation sites is 1. The van der Waals surface area contributed by atoms with Crippen molar-refractivity contribution in [2.45, 2.75) is 13.0 Å². The number of hydrogen-bond acceptors (Lipinski definition) is 3. The highest BCUT2D eigenvalue weighted by atomic mass is 16.1. The Morgan fingerprint density at radius 2 is 1.53 bits per heavy atom. The molecule has 4 heteroatoms. The third-order valence-corrected chi connectivity index (χ3v) is 5.63. The molecule has 0 fully saturated rings. The van der Waals surface area contributed by atoms with Crippen LogP contribution in [0.25, 0.3) is 28.0 Å². The molecule has 1 aliphatic rings. The highest BCUT2D eigenvalue weighted by Gasteiger charge is 2.19. The second-order valence-corrected chi connectivity index (χ2v) is 7.63. The zero-order valence-electron chi connectivity index (χ0n) is 16.7. The topological polar surface area (TPSA) is 38.1 Å². The van der Waals surface area contributed by atoms with Crippen molar-refractivity contribution in [1.29, 1.82) is 0 Å². The molecule has 0 unspecified atom stereocenters. The molecule has 148 valence electrons. The molecule has 0 saturated heterocycles. The van der Waals surface area contributed by atoms with Gasteiger partial charge in [0.15, 0.2) is 0 Å². The van der Waals surface area contributed by atoms with E-state index in [1.165, 1.54) is 11.3 Å². The Hall–Kier alpha value is -3.50. The quantitative estimate of drug-likeness (QED) is 0.499. The average Bonchev–Trinajstić information content (AvgIpc) is 2.81. The maximum absolute atomic E-state index is 12.7. The summed E-state index contributed by atoms with van der Waals surface area (Å²) in [7, 11) is 0. The summed E-state index contributed by atoms with van der Waals surface area (Å²) in [4.78, 5) is 19.6. The Morgan fingerprint density at radius 1 is 0.833 bits per heavy atom. The predicted molar refractivity (Wildman–Crippen MR) is 122 cm³/mol. The third-order valence-electron chi connectivity index (χ3n) is 5.63. The van der Waals surface area contributed by atoms with E-state index in [9.17, 15) is 4.79 Å². The lowest BCUT2D eigenvalue weighted by Crippen LogP contribution is -2.29. The Morgan fingerprint density at radius 3 is 2.27 bits per heavy atom. The monoisotopic (exact) mass is 393 g/mol. The van der Waals surface area contributed by atoms with Crippen LogP contribution in [0.15, 0.2) is 95.8 Å². The molecular formula is C26H23N3O. The molecule has 0 saturated carbocycles. The van der Waals surface area contributed by atoms with E-state index in [-0.39, 0.29) is 5.56 Å². The van der Waals surface area contributed by atoms with Crippen LogP contribution in [0.2, 0.25) is 0 Å². The minimum absolute atomic E-state index is 0.178. The van der Waals surface area contributed by atoms with Gasteiger partial charge in [-0.15, -0.1) is 0 Å². The van der Waals surface area contributed by atoms with Crippen molar-refractivity contribution < 1.29 is 0 Å². The Balaban J connectivity index is 1.57. The summed E-state index contributed by atoms with van der Waals surface area (Å²) < 4.78 is 2.17. The van der Waals surface area contributed by atoms with Crippen LogP contribution in [0.3, 0.4) is 0 Å². The van der Waals surface area contributed by atoms with Crippen molar-refractivity contribution in [2.75, 3.05) is 13.1 Å². The molecule has 0 amide bonds. The van der Waals surface area contributed by atoms with Gasteiger partial charge in [0.2, 0.25) is 0 Å². The van der Waals surface area contributed by atoms with E-state index in [2.05, 4.69) is 50.9 Å². The van der Waals surface area contributed by atoms with Gasteiger partial charge in [0.1, 0.15) is 5.82 Å². The first-order valence-corrected chi connectivity index (χ1v) is 10.3. The van der Waals surface area contributed by atoms with Crippen molar-refractivity contribution in [3.8, 4) is 11.4 Å². The standard InChI is InChI=1S/C26H23N3O/c30-26-23-13-7-8-14-24(23)29(25(27-26)21-11-5-2-6-12-21)22-15-17-28(18-16-22)19-20-9-3-1-4-10-20/h1-15H,16-19H2. The molecule has 3 aromatic carbocycles. The number of fused-ring (bicyclic) bond motifs is 1. The van der Waals surface area contributed by atoms with Gasteiger partial charge < -0.3 is 0 Å². The van der Waals surface area contributed by atoms with E-state index < -0.39 is 0 Å². The maximum Gasteiger partial charge on any atom is 0.281 e. The molecule has 0 bridgehead atoms. The Labute approximate surface area is 175 Å². The average molecular weight is 393 g/mol. The lowest BCUT2D eigenvalue weighted by atomic mass is 10.1. The molecule has 0 N–H and O–H groups in total. The van der Waals surface area contributed by atoms with Gasteiger partial charge in [0.25, 0.3) is 5.56 Å². The van der Waals surface area contributed by atoms with Gasteiger partial charge in [-0.2, -0.15) is 4.98 Å². The van der Waals surface area contributed by atoms with Gasteiger partial charge in [-0.3, -0.25) is 14.3 Å². The van der Waals surface area contributed by atoms with E-state index in [1.54, 1.807) is 0 Å². The molecule has 0 radical (unpaired) electrons. The highest BCUT2D eigenvalue weighted by molar-refractivity contribution is 5.84. The molecular weight excluding hydrogens is 370 g/mol. The van der Waals surface area contributed by atoms with Gasteiger partial charge in [-0.1, -0.05) is 78.9 Å². The van der Waals surface area contributed by atoms with E-state index in [0.717, 1.165) is 37.1 Å². The summed E-state index contributed by atoms with van der Waals surface area (Å²) in [6, 6.07) is 28.3. The van der Waals surface area contributed by atoms with Crippen LogP contribution in [-0.4, -0.2) is 27.5 Å². The zero-order valence-corrected chi connectivity index (χ0v) is 16.7. The summed E-state index contributed by atoms with van der Waals surface area (Å²) in [5, 5.41) is 0.657. The summed E-state index contributed by atoms with van der Waals surface area (Å²) in [5.74, 6) is 0.710. The first-order chi connectivity index (χ1) is 14.8. The predicted octanol–water partition coefficient (Wildman–Crippen LogP) is 4.81.